The molecule has 0 aliphatic carbocycles. The van der Waals surface area contributed by atoms with Gasteiger partial charge in [-0.05, 0) is 48.2 Å². The van der Waals surface area contributed by atoms with E-state index in [-0.39, 0.29) is 179 Å². The van der Waals surface area contributed by atoms with Crippen molar-refractivity contribution in [3.05, 3.63) is 58.7 Å². The highest BCUT2D eigenvalue weighted by Gasteiger charge is 2.49. The lowest BCUT2D eigenvalue weighted by atomic mass is 9.98. The molecule has 11 atom stereocenters. The molecule has 0 spiro atoms. The van der Waals surface area contributed by atoms with Crippen LogP contribution in [0.5, 0.6) is 11.5 Å². The molecule has 13 N–H and O–H groups in total. The number of carboxylic acid groups (broad SMARTS) is 2. The van der Waals surface area contributed by atoms with Crippen LogP contribution in [0, 0.1) is 0 Å². The first-order valence-corrected chi connectivity index (χ1v) is 28.9. The van der Waals surface area contributed by atoms with Crippen LogP contribution in [0.25, 0.3) is 0 Å². The number of carbonyl (C=O) groups excluding carboxylic acids is 7. The Morgan fingerprint density at radius 2 is 0.967 bits per heavy atom. The maximum Gasteiger partial charge on any atom is 0.335 e. The van der Waals surface area contributed by atoms with Gasteiger partial charge in [-0.2, -0.15) is 0 Å². The summed E-state index contributed by atoms with van der Waals surface area (Å²) in [6, 6.07) is 7.28. The minimum atomic E-state index is -1.98. The summed E-state index contributed by atoms with van der Waals surface area (Å²) < 4.78 is 64.6. The summed E-state index contributed by atoms with van der Waals surface area (Å²) in [7, 11) is 0. The van der Waals surface area contributed by atoms with Crippen molar-refractivity contribution in [3.63, 3.8) is 0 Å². The van der Waals surface area contributed by atoms with Gasteiger partial charge < -0.3 is 118 Å². The molecule has 34 heteroatoms. The quantitative estimate of drug-likeness (QED) is 0.0132. The number of benzene rings is 2. The molecule has 3 amide bonds. The lowest BCUT2D eigenvalue weighted by Gasteiger charge is -2.38. The molecule has 0 aromatic heterocycles. The Kier molecular flexibility index (Phi) is 34.9. The number of carbonyl (C=O) groups is 9. The predicted octanol–water partition coefficient (Wildman–Crippen LogP) is -3.53. The number of Topliss-reactive ketones (excluding diaryl/α,β-unsaturated/α-hetero) is 2. The van der Waals surface area contributed by atoms with Crippen molar-refractivity contribution in [2.45, 2.75) is 133 Å². The second-order valence-electron chi connectivity index (χ2n) is 20.4. The SMILES string of the molecule is CC(=O)OCc1ccc(O[C@@H]2O[C@H](C(=O)O)[C@@H](O)[C@H](O)[C@H]2O)c(C(=O)CCCOCCOCCNC(=O)CC(CC(=O)CCCOCCOCCNC(=O)c2cc(COC(C)=O)ccc2O[C@@H]2O[C@H](C(=O)O)[C@@H](O)[C@H](O)[C@H]2O)NC(=O)COCCOCCON)c1. The summed E-state index contributed by atoms with van der Waals surface area (Å²) in [5, 5.41) is 88.3. The lowest BCUT2D eigenvalue weighted by molar-refractivity contribution is -0.271. The molecule has 0 saturated carbocycles. The van der Waals surface area contributed by atoms with Gasteiger partial charge in [0.15, 0.2) is 18.0 Å². The van der Waals surface area contributed by atoms with Gasteiger partial charge >= 0.3 is 23.9 Å². The first kappa shape index (κ1) is 76.5. The number of rotatable bonds is 45. The summed E-state index contributed by atoms with van der Waals surface area (Å²) in [6.45, 7) is 2.90. The van der Waals surface area contributed by atoms with E-state index >= 15 is 0 Å². The zero-order valence-corrected chi connectivity index (χ0v) is 50.2. The average Bonchev–Trinajstić information content (AvgIpc) is 2.69. The second-order valence-corrected chi connectivity index (χ2v) is 20.4. The Hall–Kier alpha value is -6.97. The first-order valence-electron chi connectivity index (χ1n) is 28.9. The highest BCUT2D eigenvalue weighted by Crippen LogP contribution is 2.31. The van der Waals surface area contributed by atoms with Crippen molar-refractivity contribution in [1.29, 1.82) is 0 Å². The van der Waals surface area contributed by atoms with Crippen molar-refractivity contribution in [1.82, 2.24) is 16.0 Å². The van der Waals surface area contributed by atoms with Crippen molar-refractivity contribution >= 4 is 53.2 Å². The molecule has 2 heterocycles. The van der Waals surface area contributed by atoms with Gasteiger partial charge in [0.25, 0.3) is 5.91 Å². The van der Waals surface area contributed by atoms with Gasteiger partial charge in [0, 0.05) is 71.9 Å². The van der Waals surface area contributed by atoms with Gasteiger partial charge in [-0.15, -0.1) is 0 Å². The third-order valence-corrected chi connectivity index (χ3v) is 13.1. The van der Waals surface area contributed by atoms with Crippen LogP contribution >= 0.6 is 0 Å². The summed E-state index contributed by atoms with van der Waals surface area (Å²) in [4.78, 5) is 116. The topological polar surface area (TPSA) is 498 Å². The average molecular weight is 1300 g/mol. The molecular formula is C57H82N4O30. The summed E-state index contributed by atoms with van der Waals surface area (Å²) in [5.74, 6) is -2.39. The fraction of sp³-hybridized carbons (Fsp3) is 0.632. The normalized spacial score (nSPS) is 21.6. The molecule has 2 aliphatic heterocycles. The minimum Gasteiger partial charge on any atom is -0.479 e. The van der Waals surface area contributed by atoms with Crippen LogP contribution in [0.1, 0.15) is 84.2 Å². The Bertz CT molecular complexity index is 2490. The van der Waals surface area contributed by atoms with Gasteiger partial charge in [-0.3, -0.25) is 33.6 Å². The van der Waals surface area contributed by atoms with E-state index in [0.29, 0.717) is 11.1 Å². The van der Waals surface area contributed by atoms with E-state index in [1.807, 2.05) is 0 Å². The number of nitrogens with two attached hydrogens (primary N) is 1. The minimum absolute atomic E-state index is 0.00414. The molecule has 2 aromatic rings. The third-order valence-electron chi connectivity index (χ3n) is 13.1. The van der Waals surface area contributed by atoms with Crippen LogP contribution in [0.15, 0.2) is 36.4 Å². The van der Waals surface area contributed by atoms with Crippen molar-refractivity contribution in [2.75, 3.05) is 99.0 Å². The maximum absolute atomic E-state index is 13.4. The molecule has 0 bridgehead atoms. The van der Waals surface area contributed by atoms with Crippen LogP contribution in [0.2, 0.25) is 0 Å². The molecule has 510 valence electrons. The Labute approximate surface area is 521 Å². The van der Waals surface area contributed by atoms with Crippen LogP contribution in [-0.2, 0) is 99.0 Å². The largest absolute Gasteiger partial charge is 0.479 e. The molecule has 4 rings (SSSR count). The monoisotopic (exact) mass is 1300 g/mol. The highest BCUT2D eigenvalue weighted by molar-refractivity contribution is 5.99. The molecule has 2 saturated heterocycles. The summed E-state index contributed by atoms with van der Waals surface area (Å²) in [5.41, 5.74) is 0.576. The molecule has 2 aliphatic rings. The van der Waals surface area contributed by atoms with E-state index in [0.717, 1.165) is 0 Å². The lowest BCUT2D eigenvalue weighted by Crippen LogP contribution is -2.61. The van der Waals surface area contributed by atoms with Gasteiger partial charge in [-0.25, -0.2) is 15.5 Å². The zero-order valence-electron chi connectivity index (χ0n) is 50.2. The number of aliphatic hydroxyl groups is 6. The third kappa shape index (κ3) is 27.8. The molecule has 91 heavy (non-hydrogen) atoms. The fourth-order valence-corrected chi connectivity index (χ4v) is 8.54. The Morgan fingerprint density at radius 3 is 1.47 bits per heavy atom. The number of hydrogen-bond donors (Lipinski definition) is 12. The van der Waals surface area contributed by atoms with E-state index < -0.39 is 115 Å². The van der Waals surface area contributed by atoms with E-state index in [4.69, 9.17) is 62.7 Å². The number of carboxylic acids is 2. The number of aliphatic hydroxyl groups excluding tert-OH is 6. The standard InChI is InChI=1S/C57H82N4O30/c1-32(62)85-29-34-7-9-41(88-56-49(72)45(68)47(70)51(90-56)54(75)76)38(25-34)40(65)6-4-14-80-18-19-81-15-11-59-43(66)28-36(61-44(67)31-84-22-21-83-23-24-87-58)27-37(64)5-3-13-79-17-20-82-16-12-60-53(74)39-26-35(30-86-33(2)63)8-10-42(39)89-57-50(73)46(69)48(71)52(91-57)55(77)78/h7-10,25-26,36,45-52,56-57,68-73H,3-6,11-24,27-31,58H2,1-2H3,(H,59,66)(H,60,74)(H,61,67)(H,75,76)(H,77,78)/t36?,45-,46-,47-,48-,49+,50+,51-,52-,56+,57+/m0/s1. The summed E-state index contributed by atoms with van der Waals surface area (Å²) in [6.07, 6.45) is -19.2. The number of esters is 2. The van der Waals surface area contributed by atoms with E-state index in [2.05, 4.69) is 20.8 Å². The van der Waals surface area contributed by atoms with Gasteiger partial charge in [0.05, 0.1) is 77.2 Å². The fourth-order valence-electron chi connectivity index (χ4n) is 8.54. The highest BCUT2D eigenvalue weighted by atomic mass is 16.7. The number of ether oxygens (including phenoxy) is 12. The van der Waals surface area contributed by atoms with E-state index in [1.165, 1.54) is 50.2 Å². The van der Waals surface area contributed by atoms with Crippen LogP contribution in [0.3, 0.4) is 0 Å². The van der Waals surface area contributed by atoms with Crippen molar-refractivity contribution in [3.8, 4) is 11.5 Å². The van der Waals surface area contributed by atoms with Gasteiger partial charge in [-0.1, -0.05) is 12.1 Å². The van der Waals surface area contributed by atoms with Gasteiger partial charge in [0.1, 0.15) is 73.7 Å². The number of nitrogens with one attached hydrogen (secondary N) is 3. The first-order chi connectivity index (χ1) is 43.5. The smallest absolute Gasteiger partial charge is 0.335 e. The van der Waals surface area contributed by atoms with Gasteiger partial charge in [0.2, 0.25) is 24.4 Å². The summed E-state index contributed by atoms with van der Waals surface area (Å²) >= 11 is 0. The Morgan fingerprint density at radius 1 is 0.516 bits per heavy atom. The second kappa shape index (κ2) is 41.5. The number of amides is 3. The van der Waals surface area contributed by atoms with Crippen LogP contribution < -0.4 is 31.3 Å². The van der Waals surface area contributed by atoms with Crippen molar-refractivity contribution < 1.29 is 146 Å². The molecule has 34 nitrogen and oxygen atoms in total. The molecule has 2 fully saturated rings. The number of aliphatic carboxylic acids is 2. The zero-order chi connectivity index (χ0) is 66.8. The number of hydrogen-bond acceptors (Lipinski definition) is 29. The molecule has 2 aromatic carbocycles. The maximum atomic E-state index is 13.4. The predicted molar refractivity (Wildman–Crippen MR) is 303 cm³/mol. The molecule has 1 unspecified atom stereocenters. The molecular weight excluding hydrogens is 1220 g/mol. The molecule has 0 radical (unpaired) electrons. The number of ketones is 2. The van der Waals surface area contributed by atoms with Crippen LogP contribution in [0.4, 0.5) is 0 Å². The van der Waals surface area contributed by atoms with Crippen LogP contribution in [-0.4, -0.2) is 260 Å². The van der Waals surface area contributed by atoms with E-state index in [1.54, 1.807) is 0 Å². The van der Waals surface area contributed by atoms with Crippen molar-refractivity contribution in [2.24, 2.45) is 5.90 Å². The Balaban J connectivity index is 1.16. The van der Waals surface area contributed by atoms with E-state index in [9.17, 15) is 84.0 Å².